The van der Waals surface area contributed by atoms with Crippen LogP contribution in [0.5, 0.6) is 0 Å². The highest BCUT2D eigenvalue weighted by Crippen LogP contribution is 2.35. The van der Waals surface area contributed by atoms with Crippen LogP contribution in [0.2, 0.25) is 0 Å². The van der Waals surface area contributed by atoms with Crippen LogP contribution in [0.4, 0.5) is 0 Å². The number of nitrogens with one attached hydrogen (secondary N) is 1. The van der Waals surface area contributed by atoms with Gasteiger partial charge >= 0.3 is 5.69 Å². The van der Waals surface area contributed by atoms with Crippen molar-refractivity contribution in [1.82, 2.24) is 50.0 Å². The van der Waals surface area contributed by atoms with Gasteiger partial charge < -0.3 is 0 Å². The van der Waals surface area contributed by atoms with Crippen molar-refractivity contribution in [3.05, 3.63) is 64.5 Å². The number of hydrogen-bond acceptors (Lipinski definition) is 8. The minimum absolute atomic E-state index is 0.162. The molecule has 1 unspecified atom stereocenters. The van der Waals surface area contributed by atoms with E-state index in [1.54, 1.807) is 15.4 Å². The van der Waals surface area contributed by atoms with E-state index in [0.717, 1.165) is 36.1 Å². The lowest BCUT2D eigenvalue weighted by Gasteiger charge is -2.32. The monoisotopic (exact) mass is 473 g/mol. The topological polar surface area (TPSA) is 137 Å². The highest BCUT2D eigenvalue weighted by Gasteiger charge is 2.33. The fourth-order valence-electron chi connectivity index (χ4n) is 4.51. The van der Waals surface area contributed by atoms with Crippen molar-refractivity contribution in [3.8, 4) is 17.3 Å². The number of H-pyrrole nitrogens is 1. The average molecular weight is 474 g/mol. The number of aliphatic imine (C=N–C) groups is 1. The van der Waals surface area contributed by atoms with Crippen LogP contribution in [0.15, 0.2) is 52.5 Å². The molecule has 1 aliphatic rings. The van der Waals surface area contributed by atoms with E-state index in [-0.39, 0.29) is 5.69 Å². The Kier molecular flexibility index (Phi) is 6.17. The van der Waals surface area contributed by atoms with Crippen molar-refractivity contribution in [2.75, 3.05) is 0 Å². The number of tetrazole rings is 2. The Balaban J connectivity index is 1.60. The number of nitrogens with zero attached hydrogens (tertiary/aromatic N) is 10. The third-order valence-corrected chi connectivity index (χ3v) is 6.25. The number of aromatic amines is 1. The quantitative estimate of drug-likeness (QED) is 0.393. The van der Waals surface area contributed by atoms with Gasteiger partial charge in [-0.25, -0.2) is 14.0 Å². The van der Waals surface area contributed by atoms with Gasteiger partial charge in [-0.1, -0.05) is 49.6 Å². The Labute approximate surface area is 201 Å². The van der Waals surface area contributed by atoms with E-state index in [1.165, 1.54) is 0 Å². The van der Waals surface area contributed by atoms with Gasteiger partial charge in [0.2, 0.25) is 5.82 Å². The zero-order chi connectivity index (χ0) is 24.3. The molecule has 0 aliphatic carbocycles. The molecule has 0 fully saturated rings. The molecule has 1 atom stereocenters. The summed E-state index contributed by atoms with van der Waals surface area (Å²) < 4.78 is 5.07. The van der Waals surface area contributed by atoms with Crippen molar-refractivity contribution in [2.24, 2.45) is 4.99 Å². The number of hydrogen-bond donors (Lipinski definition) is 1. The largest absolute Gasteiger partial charge is 0.335 e. The Hall–Kier alpha value is -4.22. The van der Waals surface area contributed by atoms with Crippen molar-refractivity contribution >= 4 is 6.21 Å². The number of aromatic nitrogens is 10. The standard InChI is InChI=1S/C23H27N11O/c1-3-6-19-15-32(21-27-30-31-34(21)13-4-2)22(35)33(19)16-23(9-11-24-12-10-23)18-8-5-7-17(14-18)20-25-28-29-26-20/h5,7-9,11-12,14-15H,3-4,6,10,13,16H2,1-2H3,(H,25,26,28,29). The summed E-state index contributed by atoms with van der Waals surface area (Å²) in [5.74, 6) is 0.954. The molecule has 4 aromatic rings. The van der Waals surface area contributed by atoms with Crippen molar-refractivity contribution in [1.29, 1.82) is 0 Å². The fraction of sp³-hybridized carbons (Fsp3) is 0.391. The predicted molar refractivity (Wildman–Crippen MR) is 129 cm³/mol. The van der Waals surface area contributed by atoms with Crippen LogP contribution in [0.3, 0.4) is 0 Å². The van der Waals surface area contributed by atoms with Crippen LogP contribution in [-0.4, -0.2) is 56.2 Å². The number of benzene rings is 1. The van der Waals surface area contributed by atoms with Gasteiger partial charge in [-0.05, 0) is 46.5 Å². The second-order valence-electron chi connectivity index (χ2n) is 8.64. The van der Waals surface area contributed by atoms with Crippen LogP contribution in [0, 0.1) is 0 Å². The van der Waals surface area contributed by atoms with Gasteiger partial charge in [0.25, 0.3) is 5.95 Å². The summed E-state index contributed by atoms with van der Waals surface area (Å²) in [6, 6.07) is 8.04. The SMILES string of the molecule is CCCc1cn(-c2nnnn2CCC)c(=O)n1CC1(c2cccc(-c3nn[nH]n3)c2)C=CN=CC1. The summed E-state index contributed by atoms with van der Waals surface area (Å²) >= 11 is 0. The first-order valence-corrected chi connectivity index (χ1v) is 11.8. The zero-order valence-electron chi connectivity index (χ0n) is 19.7. The van der Waals surface area contributed by atoms with Gasteiger partial charge in [0.15, 0.2) is 0 Å². The van der Waals surface area contributed by atoms with Crippen molar-refractivity contribution < 1.29 is 0 Å². The van der Waals surface area contributed by atoms with Crippen LogP contribution in [-0.2, 0) is 24.9 Å². The van der Waals surface area contributed by atoms with Gasteiger partial charge in [0.05, 0.1) is 0 Å². The summed E-state index contributed by atoms with van der Waals surface area (Å²) in [6.45, 7) is 5.23. The zero-order valence-corrected chi connectivity index (χ0v) is 19.7. The lowest BCUT2D eigenvalue weighted by atomic mass is 9.76. The van der Waals surface area contributed by atoms with Gasteiger partial charge in [-0.3, -0.25) is 9.56 Å². The molecule has 0 bridgehead atoms. The lowest BCUT2D eigenvalue weighted by Crippen LogP contribution is -2.37. The second-order valence-corrected chi connectivity index (χ2v) is 8.64. The number of imidazole rings is 1. The van der Waals surface area contributed by atoms with E-state index in [1.807, 2.05) is 36.0 Å². The molecule has 0 spiro atoms. The summed E-state index contributed by atoms with van der Waals surface area (Å²) in [6.07, 6.45) is 10.8. The van der Waals surface area contributed by atoms with E-state index in [4.69, 9.17) is 0 Å². The average Bonchev–Trinajstić information content (AvgIpc) is 3.63. The van der Waals surface area contributed by atoms with Gasteiger partial charge in [-0.15, -0.1) is 10.2 Å². The van der Waals surface area contributed by atoms with Gasteiger partial charge in [0, 0.05) is 48.4 Å². The predicted octanol–water partition coefficient (Wildman–Crippen LogP) is 2.09. The van der Waals surface area contributed by atoms with Crippen LogP contribution >= 0.6 is 0 Å². The highest BCUT2D eigenvalue weighted by molar-refractivity contribution is 5.65. The summed E-state index contributed by atoms with van der Waals surface area (Å²) in [5, 5.41) is 26.4. The van der Waals surface area contributed by atoms with Crippen LogP contribution < -0.4 is 5.69 Å². The van der Waals surface area contributed by atoms with E-state index in [2.05, 4.69) is 66.3 Å². The Bertz CT molecular complexity index is 1410. The molecule has 5 rings (SSSR count). The molecule has 4 heterocycles. The van der Waals surface area contributed by atoms with Crippen LogP contribution in [0.25, 0.3) is 17.3 Å². The molecule has 1 N–H and O–H groups in total. The molecule has 12 nitrogen and oxygen atoms in total. The first-order valence-electron chi connectivity index (χ1n) is 11.8. The maximum absolute atomic E-state index is 13.7. The van der Waals surface area contributed by atoms with E-state index in [9.17, 15) is 4.79 Å². The molecule has 0 saturated heterocycles. The molecule has 1 aliphatic heterocycles. The molecular formula is C23H27N11O. The smallest absolute Gasteiger partial charge is 0.295 e. The Morgan fingerprint density at radius 3 is 2.83 bits per heavy atom. The van der Waals surface area contributed by atoms with Crippen LogP contribution in [0.1, 0.15) is 44.4 Å². The maximum Gasteiger partial charge on any atom is 0.335 e. The molecular weight excluding hydrogens is 446 g/mol. The number of aryl methyl sites for hydroxylation is 2. The molecule has 0 amide bonds. The third-order valence-electron chi connectivity index (χ3n) is 6.25. The first-order chi connectivity index (χ1) is 17.1. The van der Waals surface area contributed by atoms with Crippen molar-refractivity contribution in [3.63, 3.8) is 0 Å². The molecule has 1 aromatic carbocycles. The molecule has 3 aromatic heterocycles. The lowest BCUT2D eigenvalue weighted by molar-refractivity contribution is 0.438. The summed E-state index contributed by atoms with van der Waals surface area (Å²) in [4.78, 5) is 18.1. The first kappa shape index (κ1) is 22.6. The van der Waals surface area contributed by atoms with Gasteiger partial charge in [0.1, 0.15) is 0 Å². The summed E-state index contributed by atoms with van der Waals surface area (Å²) in [7, 11) is 0. The highest BCUT2D eigenvalue weighted by atomic mass is 16.2. The molecule has 0 radical (unpaired) electrons. The minimum atomic E-state index is -0.477. The molecule has 35 heavy (non-hydrogen) atoms. The normalized spacial score (nSPS) is 17.3. The minimum Gasteiger partial charge on any atom is -0.295 e. The second kappa shape index (κ2) is 9.57. The van der Waals surface area contributed by atoms with E-state index >= 15 is 0 Å². The van der Waals surface area contributed by atoms with E-state index < -0.39 is 5.41 Å². The van der Waals surface area contributed by atoms with Crippen molar-refractivity contribution in [2.45, 2.75) is 58.0 Å². The molecule has 12 heteroatoms. The third kappa shape index (κ3) is 4.22. The fourth-order valence-corrected chi connectivity index (χ4v) is 4.51. The molecule has 0 saturated carbocycles. The number of allylic oxidation sites excluding steroid dienone is 1. The van der Waals surface area contributed by atoms with Gasteiger partial charge in [-0.2, -0.15) is 5.21 Å². The number of rotatable bonds is 9. The Morgan fingerprint density at radius 2 is 2.09 bits per heavy atom. The summed E-state index contributed by atoms with van der Waals surface area (Å²) in [5.41, 5.74) is 2.19. The molecule has 180 valence electrons. The maximum atomic E-state index is 13.7. The Morgan fingerprint density at radius 1 is 1.17 bits per heavy atom. The van der Waals surface area contributed by atoms with E-state index in [0.29, 0.717) is 31.3 Å².